The first-order valence-electron chi connectivity index (χ1n) is 8.34. The third-order valence-electron chi connectivity index (χ3n) is 4.45. The molecule has 1 atom stereocenters. The minimum Gasteiger partial charge on any atom is -0.361 e. The molecule has 4 nitrogen and oxygen atoms in total. The van der Waals surface area contributed by atoms with E-state index < -0.39 is 0 Å². The van der Waals surface area contributed by atoms with E-state index in [1.165, 1.54) is 27.7 Å². The molecule has 4 heteroatoms. The second-order valence-corrected chi connectivity index (χ2v) is 6.53. The number of aryl methyl sites for hydroxylation is 3. The molecule has 0 saturated carbocycles. The maximum Gasteiger partial charge on any atom is 0.0596 e. The van der Waals surface area contributed by atoms with Crippen LogP contribution in [0.25, 0.3) is 10.9 Å². The van der Waals surface area contributed by atoms with Crippen molar-refractivity contribution in [1.29, 1.82) is 0 Å². The monoisotopic (exact) mass is 310 g/mol. The minimum atomic E-state index is 0.403. The number of fused-ring (bicyclic) bond motifs is 1. The van der Waals surface area contributed by atoms with Crippen molar-refractivity contribution in [2.24, 2.45) is 0 Å². The molecule has 0 saturated heterocycles. The summed E-state index contributed by atoms with van der Waals surface area (Å²) in [5.41, 5.74) is 6.26. The van der Waals surface area contributed by atoms with E-state index in [1.807, 2.05) is 6.92 Å². The number of nitrogens with one attached hydrogen (secondary N) is 2. The lowest BCUT2D eigenvalue weighted by Gasteiger charge is -2.15. The highest BCUT2D eigenvalue weighted by Gasteiger charge is 2.08. The molecule has 2 N–H and O–H groups in total. The molecule has 23 heavy (non-hydrogen) atoms. The van der Waals surface area contributed by atoms with Crippen molar-refractivity contribution in [3.63, 3.8) is 0 Å². The second kappa shape index (κ2) is 6.59. The second-order valence-electron chi connectivity index (χ2n) is 6.53. The summed E-state index contributed by atoms with van der Waals surface area (Å²) in [5, 5.41) is 9.49. The number of rotatable bonds is 6. The molecule has 122 valence electrons. The lowest BCUT2D eigenvalue weighted by Crippen LogP contribution is -2.32. The van der Waals surface area contributed by atoms with Gasteiger partial charge in [0.1, 0.15) is 0 Å². The van der Waals surface area contributed by atoms with Crippen molar-refractivity contribution >= 4 is 10.9 Å². The van der Waals surface area contributed by atoms with E-state index in [0.29, 0.717) is 6.04 Å². The molecule has 0 bridgehead atoms. The molecule has 0 amide bonds. The largest absolute Gasteiger partial charge is 0.361 e. The first kappa shape index (κ1) is 15.8. The van der Waals surface area contributed by atoms with Gasteiger partial charge in [-0.15, -0.1) is 0 Å². The van der Waals surface area contributed by atoms with Gasteiger partial charge in [0.15, 0.2) is 0 Å². The number of H-pyrrole nitrogens is 1. The molecule has 3 aromatic rings. The van der Waals surface area contributed by atoms with Crippen LogP contribution in [0.4, 0.5) is 0 Å². The molecule has 0 radical (unpaired) electrons. The summed E-state index contributed by atoms with van der Waals surface area (Å²) in [4.78, 5) is 3.40. The van der Waals surface area contributed by atoms with Crippen LogP contribution in [0.1, 0.15) is 29.4 Å². The fourth-order valence-corrected chi connectivity index (χ4v) is 3.21. The maximum atomic E-state index is 4.53. The molecule has 0 aliphatic rings. The van der Waals surface area contributed by atoms with Crippen LogP contribution >= 0.6 is 0 Å². The van der Waals surface area contributed by atoms with Crippen LogP contribution in [-0.4, -0.2) is 27.4 Å². The summed E-state index contributed by atoms with van der Waals surface area (Å²) in [5.74, 6) is 0. The summed E-state index contributed by atoms with van der Waals surface area (Å²) >= 11 is 0. The van der Waals surface area contributed by atoms with Crippen LogP contribution in [0.15, 0.2) is 30.5 Å². The zero-order chi connectivity index (χ0) is 16.4. The number of para-hydroxylation sites is 1. The lowest BCUT2D eigenvalue weighted by molar-refractivity contribution is 0.447. The van der Waals surface area contributed by atoms with E-state index in [2.05, 4.69) is 71.3 Å². The molecule has 3 rings (SSSR count). The van der Waals surface area contributed by atoms with Crippen molar-refractivity contribution in [2.45, 2.75) is 46.7 Å². The van der Waals surface area contributed by atoms with Gasteiger partial charge in [-0.25, -0.2) is 0 Å². The number of benzene rings is 1. The Morgan fingerprint density at radius 3 is 2.83 bits per heavy atom. The molecule has 0 unspecified atom stereocenters. The van der Waals surface area contributed by atoms with E-state index >= 15 is 0 Å². The molecule has 0 aliphatic heterocycles. The van der Waals surface area contributed by atoms with Crippen LogP contribution < -0.4 is 5.32 Å². The average Bonchev–Trinajstić information content (AvgIpc) is 3.04. The third-order valence-corrected chi connectivity index (χ3v) is 4.45. The Bertz CT molecular complexity index is 797. The van der Waals surface area contributed by atoms with E-state index in [0.717, 1.165) is 25.2 Å². The molecule has 1 aromatic carbocycles. The minimum absolute atomic E-state index is 0.403. The Morgan fingerprint density at radius 1 is 1.26 bits per heavy atom. The van der Waals surface area contributed by atoms with Crippen molar-refractivity contribution < 1.29 is 0 Å². The summed E-state index contributed by atoms with van der Waals surface area (Å²) in [7, 11) is 0. The number of aromatic amines is 1. The van der Waals surface area contributed by atoms with Crippen molar-refractivity contribution in [3.05, 3.63) is 53.0 Å². The van der Waals surface area contributed by atoms with Gasteiger partial charge in [0.25, 0.3) is 0 Å². The van der Waals surface area contributed by atoms with Gasteiger partial charge in [-0.3, -0.25) is 4.68 Å². The first-order chi connectivity index (χ1) is 11.0. The molecule has 0 spiro atoms. The number of nitrogens with zero attached hydrogens (tertiary/aromatic N) is 2. The van der Waals surface area contributed by atoms with Gasteiger partial charge in [0.2, 0.25) is 0 Å². The van der Waals surface area contributed by atoms with Crippen LogP contribution in [-0.2, 0) is 13.0 Å². The summed E-state index contributed by atoms with van der Waals surface area (Å²) in [6, 6.07) is 9.01. The predicted octanol–water partition coefficient (Wildman–Crippen LogP) is 3.51. The first-order valence-corrected chi connectivity index (χ1v) is 8.34. The molecular weight excluding hydrogens is 284 g/mol. The Hall–Kier alpha value is -2.07. The molecule has 0 aliphatic carbocycles. The van der Waals surface area contributed by atoms with Crippen molar-refractivity contribution in [1.82, 2.24) is 20.1 Å². The van der Waals surface area contributed by atoms with Gasteiger partial charge in [0.05, 0.1) is 12.2 Å². The zero-order valence-electron chi connectivity index (χ0n) is 14.5. The third kappa shape index (κ3) is 3.48. The fraction of sp³-hybridized carbons (Fsp3) is 0.421. The van der Waals surface area contributed by atoms with Crippen LogP contribution in [0, 0.1) is 20.8 Å². The summed E-state index contributed by atoms with van der Waals surface area (Å²) in [6.07, 6.45) is 3.18. The van der Waals surface area contributed by atoms with Crippen LogP contribution in [0.2, 0.25) is 0 Å². The van der Waals surface area contributed by atoms with Gasteiger partial charge in [-0.05, 0) is 57.9 Å². The van der Waals surface area contributed by atoms with Gasteiger partial charge in [0, 0.05) is 28.8 Å². The zero-order valence-corrected chi connectivity index (χ0v) is 14.5. The fourth-order valence-electron chi connectivity index (χ4n) is 3.21. The topological polar surface area (TPSA) is 45.6 Å². The van der Waals surface area contributed by atoms with Crippen molar-refractivity contribution in [2.75, 3.05) is 6.54 Å². The molecular formula is C19H26N4. The number of hydrogen-bond donors (Lipinski definition) is 2. The van der Waals surface area contributed by atoms with E-state index in [-0.39, 0.29) is 0 Å². The van der Waals surface area contributed by atoms with E-state index in [1.54, 1.807) is 0 Å². The average molecular weight is 310 g/mol. The van der Waals surface area contributed by atoms with Gasteiger partial charge in [-0.2, -0.15) is 5.10 Å². The van der Waals surface area contributed by atoms with Gasteiger partial charge >= 0.3 is 0 Å². The van der Waals surface area contributed by atoms with Crippen molar-refractivity contribution in [3.8, 4) is 0 Å². The smallest absolute Gasteiger partial charge is 0.0596 e. The quantitative estimate of drug-likeness (QED) is 0.732. The SMILES string of the molecule is Cc1cc(C)n(C[C@@H](C)NCCc2c[nH]c3c(C)cccc23)n1. The Balaban J connectivity index is 1.56. The molecule has 2 heterocycles. The number of aromatic nitrogens is 3. The van der Waals surface area contributed by atoms with Gasteiger partial charge < -0.3 is 10.3 Å². The number of hydrogen-bond acceptors (Lipinski definition) is 2. The Labute approximate surface area is 137 Å². The van der Waals surface area contributed by atoms with Gasteiger partial charge in [-0.1, -0.05) is 18.2 Å². The van der Waals surface area contributed by atoms with Crippen LogP contribution in [0.3, 0.4) is 0 Å². The van der Waals surface area contributed by atoms with E-state index in [4.69, 9.17) is 0 Å². The maximum absolute atomic E-state index is 4.53. The Kier molecular flexibility index (Phi) is 4.53. The molecule has 0 fully saturated rings. The molecule has 2 aromatic heterocycles. The predicted molar refractivity (Wildman–Crippen MR) is 95.9 cm³/mol. The van der Waals surface area contributed by atoms with Crippen LogP contribution in [0.5, 0.6) is 0 Å². The standard InChI is InChI=1S/C19H26N4/c1-13-6-5-7-18-17(11-21-19(13)18)8-9-20-15(3)12-23-16(4)10-14(2)22-23/h5-7,10-11,15,20-21H,8-9,12H2,1-4H3/t15-/m1/s1. The highest BCUT2D eigenvalue weighted by atomic mass is 15.3. The summed E-state index contributed by atoms with van der Waals surface area (Å²) in [6.45, 7) is 10.4. The highest BCUT2D eigenvalue weighted by Crippen LogP contribution is 2.21. The summed E-state index contributed by atoms with van der Waals surface area (Å²) < 4.78 is 2.09. The Morgan fingerprint density at radius 2 is 2.09 bits per heavy atom. The highest BCUT2D eigenvalue weighted by molar-refractivity contribution is 5.85. The lowest BCUT2D eigenvalue weighted by atomic mass is 10.1. The normalized spacial score (nSPS) is 12.9. The van der Waals surface area contributed by atoms with E-state index in [9.17, 15) is 0 Å².